The second-order valence-electron chi connectivity index (χ2n) is 4.91. The number of fused-ring (bicyclic) bond motifs is 1. The van der Waals surface area contributed by atoms with Crippen LogP contribution in [0.1, 0.15) is 24.2 Å². The molecule has 1 aliphatic heterocycles. The highest BCUT2D eigenvalue weighted by Crippen LogP contribution is 2.35. The van der Waals surface area contributed by atoms with E-state index in [2.05, 4.69) is 10.2 Å². The SMILES string of the molecule is COCCN(c1cc2c(cc1Cl)C(=O)C(=O)N2)C(C)C. The summed E-state index contributed by atoms with van der Waals surface area (Å²) in [7, 11) is 1.64. The number of rotatable bonds is 5. The number of carbonyl (C=O) groups excluding carboxylic acids is 2. The Balaban J connectivity index is 2.40. The van der Waals surface area contributed by atoms with E-state index in [1.807, 2.05) is 13.8 Å². The van der Waals surface area contributed by atoms with E-state index in [1.165, 1.54) is 0 Å². The molecule has 1 aliphatic rings. The van der Waals surface area contributed by atoms with Gasteiger partial charge in [0.2, 0.25) is 0 Å². The van der Waals surface area contributed by atoms with Crippen LogP contribution in [0.4, 0.5) is 11.4 Å². The Morgan fingerprint density at radius 2 is 2.05 bits per heavy atom. The fourth-order valence-corrected chi connectivity index (χ4v) is 2.49. The Labute approximate surface area is 122 Å². The van der Waals surface area contributed by atoms with Crippen molar-refractivity contribution in [1.29, 1.82) is 0 Å². The van der Waals surface area contributed by atoms with Gasteiger partial charge in [0.1, 0.15) is 0 Å². The van der Waals surface area contributed by atoms with E-state index >= 15 is 0 Å². The van der Waals surface area contributed by atoms with Crippen molar-refractivity contribution in [3.8, 4) is 0 Å². The zero-order valence-corrected chi connectivity index (χ0v) is 12.5. The third-order valence-corrected chi connectivity index (χ3v) is 3.56. The molecule has 1 aromatic carbocycles. The fourth-order valence-electron chi connectivity index (χ4n) is 2.22. The second-order valence-corrected chi connectivity index (χ2v) is 5.32. The summed E-state index contributed by atoms with van der Waals surface area (Å²) in [6, 6.07) is 3.51. The summed E-state index contributed by atoms with van der Waals surface area (Å²) in [5.41, 5.74) is 1.63. The standard InChI is InChI=1S/C14H17ClN2O3/c1-8(2)17(4-5-20-3)12-7-11-9(6-10(12)15)13(18)14(19)16-11/h6-8H,4-5H2,1-3H3,(H,16,18,19). The molecule has 1 amide bonds. The molecule has 0 radical (unpaired) electrons. The van der Waals surface area contributed by atoms with Crippen molar-refractivity contribution in [1.82, 2.24) is 0 Å². The van der Waals surface area contributed by atoms with Crippen molar-refractivity contribution >= 4 is 34.7 Å². The molecule has 0 spiro atoms. The number of halogens is 1. The van der Waals surface area contributed by atoms with Crippen LogP contribution in [0.3, 0.4) is 0 Å². The maximum absolute atomic E-state index is 11.6. The van der Waals surface area contributed by atoms with Crippen LogP contribution in [0.2, 0.25) is 5.02 Å². The molecule has 108 valence electrons. The van der Waals surface area contributed by atoms with E-state index in [9.17, 15) is 9.59 Å². The summed E-state index contributed by atoms with van der Waals surface area (Å²) < 4.78 is 5.10. The highest BCUT2D eigenvalue weighted by Gasteiger charge is 2.30. The predicted octanol–water partition coefficient (Wildman–Crippen LogP) is 2.34. The molecule has 2 rings (SSSR count). The molecule has 0 fully saturated rings. The van der Waals surface area contributed by atoms with Crippen LogP contribution in [-0.2, 0) is 9.53 Å². The normalized spacial score (nSPS) is 13.7. The number of methoxy groups -OCH3 is 1. The Morgan fingerprint density at radius 3 is 2.65 bits per heavy atom. The first-order chi connectivity index (χ1) is 9.45. The van der Waals surface area contributed by atoms with Gasteiger partial charge in [-0.15, -0.1) is 0 Å². The first-order valence-corrected chi connectivity index (χ1v) is 6.78. The second kappa shape index (κ2) is 5.81. The van der Waals surface area contributed by atoms with Crippen LogP contribution < -0.4 is 10.2 Å². The van der Waals surface area contributed by atoms with Gasteiger partial charge in [-0.25, -0.2) is 0 Å². The van der Waals surface area contributed by atoms with Crippen LogP contribution >= 0.6 is 11.6 Å². The summed E-state index contributed by atoms with van der Waals surface area (Å²) in [5.74, 6) is -1.15. The lowest BCUT2D eigenvalue weighted by molar-refractivity contribution is -0.112. The van der Waals surface area contributed by atoms with Crippen molar-refractivity contribution in [3.05, 3.63) is 22.7 Å². The number of benzene rings is 1. The minimum atomic E-state index is -0.610. The quantitative estimate of drug-likeness (QED) is 0.847. The number of nitrogens with zero attached hydrogens (tertiary/aromatic N) is 1. The number of amides is 1. The molecular formula is C14H17ClN2O3. The Kier molecular flexibility index (Phi) is 4.30. The van der Waals surface area contributed by atoms with Crippen molar-refractivity contribution in [2.75, 3.05) is 30.5 Å². The smallest absolute Gasteiger partial charge is 0.296 e. The van der Waals surface area contributed by atoms with E-state index in [-0.39, 0.29) is 6.04 Å². The Bertz CT molecular complexity index is 558. The van der Waals surface area contributed by atoms with Crippen molar-refractivity contribution in [3.63, 3.8) is 0 Å². The van der Waals surface area contributed by atoms with Gasteiger partial charge in [-0.05, 0) is 26.0 Å². The molecule has 5 nitrogen and oxygen atoms in total. The first-order valence-electron chi connectivity index (χ1n) is 6.40. The molecular weight excluding hydrogens is 280 g/mol. The van der Waals surface area contributed by atoms with Gasteiger partial charge in [0.25, 0.3) is 11.7 Å². The van der Waals surface area contributed by atoms with Gasteiger partial charge >= 0.3 is 0 Å². The van der Waals surface area contributed by atoms with Crippen LogP contribution in [0.5, 0.6) is 0 Å². The molecule has 0 aliphatic carbocycles. The molecule has 0 aromatic heterocycles. The molecule has 1 aromatic rings. The topological polar surface area (TPSA) is 58.6 Å². The number of carbonyl (C=O) groups is 2. The molecule has 0 unspecified atom stereocenters. The molecule has 1 heterocycles. The molecule has 20 heavy (non-hydrogen) atoms. The van der Waals surface area contributed by atoms with Gasteiger partial charge in [-0.1, -0.05) is 11.6 Å². The van der Waals surface area contributed by atoms with Crippen LogP contribution in [-0.4, -0.2) is 38.0 Å². The summed E-state index contributed by atoms with van der Waals surface area (Å²) in [6.07, 6.45) is 0. The number of nitrogens with one attached hydrogen (secondary N) is 1. The number of anilines is 2. The van der Waals surface area contributed by atoms with Gasteiger partial charge in [0.15, 0.2) is 0 Å². The Morgan fingerprint density at radius 1 is 1.35 bits per heavy atom. The van der Waals surface area contributed by atoms with E-state index in [4.69, 9.17) is 16.3 Å². The molecule has 0 saturated heterocycles. The molecule has 0 atom stereocenters. The number of Topliss-reactive ketones (excluding diaryl/α,β-unsaturated/α-hetero) is 1. The maximum Gasteiger partial charge on any atom is 0.296 e. The highest BCUT2D eigenvalue weighted by molar-refractivity contribution is 6.52. The van der Waals surface area contributed by atoms with Crippen molar-refractivity contribution in [2.45, 2.75) is 19.9 Å². The zero-order chi connectivity index (χ0) is 14.9. The van der Waals surface area contributed by atoms with Gasteiger partial charge in [0, 0.05) is 19.7 Å². The molecule has 0 bridgehead atoms. The minimum absolute atomic E-state index is 0.216. The number of ketones is 1. The zero-order valence-electron chi connectivity index (χ0n) is 11.7. The third-order valence-electron chi connectivity index (χ3n) is 3.26. The number of hydrogen-bond acceptors (Lipinski definition) is 4. The summed E-state index contributed by atoms with van der Waals surface area (Å²) in [6.45, 7) is 5.33. The van der Waals surface area contributed by atoms with E-state index in [1.54, 1.807) is 19.2 Å². The average Bonchev–Trinajstić information content (AvgIpc) is 2.66. The van der Waals surface area contributed by atoms with E-state index in [0.29, 0.717) is 29.4 Å². The molecule has 6 heteroatoms. The predicted molar refractivity (Wildman–Crippen MR) is 78.8 cm³/mol. The Hall–Kier alpha value is -1.59. The van der Waals surface area contributed by atoms with Crippen LogP contribution in [0, 0.1) is 0 Å². The molecule has 1 N–H and O–H groups in total. The van der Waals surface area contributed by atoms with Crippen molar-refractivity contribution in [2.24, 2.45) is 0 Å². The maximum atomic E-state index is 11.6. The lowest BCUT2D eigenvalue weighted by atomic mass is 10.1. The van der Waals surface area contributed by atoms with Crippen LogP contribution in [0.25, 0.3) is 0 Å². The lowest BCUT2D eigenvalue weighted by Crippen LogP contribution is -2.34. The lowest BCUT2D eigenvalue weighted by Gasteiger charge is -2.30. The fraction of sp³-hybridized carbons (Fsp3) is 0.429. The largest absolute Gasteiger partial charge is 0.383 e. The van der Waals surface area contributed by atoms with Gasteiger partial charge in [-0.3, -0.25) is 9.59 Å². The molecule has 0 saturated carbocycles. The third kappa shape index (κ3) is 2.64. The monoisotopic (exact) mass is 296 g/mol. The highest BCUT2D eigenvalue weighted by atomic mass is 35.5. The van der Waals surface area contributed by atoms with Crippen LogP contribution in [0.15, 0.2) is 12.1 Å². The summed E-state index contributed by atoms with van der Waals surface area (Å²) in [4.78, 5) is 25.1. The van der Waals surface area contributed by atoms with E-state index < -0.39 is 11.7 Å². The average molecular weight is 297 g/mol. The number of ether oxygens (including phenoxy) is 1. The van der Waals surface area contributed by atoms with Crippen molar-refractivity contribution < 1.29 is 14.3 Å². The number of hydrogen-bond donors (Lipinski definition) is 1. The van der Waals surface area contributed by atoms with Gasteiger partial charge < -0.3 is 15.0 Å². The van der Waals surface area contributed by atoms with E-state index in [0.717, 1.165) is 5.69 Å². The minimum Gasteiger partial charge on any atom is -0.383 e. The summed E-state index contributed by atoms with van der Waals surface area (Å²) >= 11 is 6.26. The summed E-state index contributed by atoms with van der Waals surface area (Å²) in [5, 5.41) is 3.02. The van der Waals surface area contributed by atoms with Gasteiger partial charge in [-0.2, -0.15) is 0 Å². The first kappa shape index (κ1) is 14.8. The van der Waals surface area contributed by atoms with Gasteiger partial charge in [0.05, 0.1) is 28.6 Å².